The summed E-state index contributed by atoms with van der Waals surface area (Å²) in [6.07, 6.45) is 7.19. The molecule has 2 heteroatoms. The van der Waals surface area contributed by atoms with Crippen LogP contribution in [0.15, 0.2) is 0 Å². The van der Waals surface area contributed by atoms with Crippen molar-refractivity contribution in [1.82, 2.24) is 5.32 Å². The van der Waals surface area contributed by atoms with Gasteiger partial charge in [-0.1, -0.05) is 33.1 Å². The smallest absolute Gasteiger partial charge is 0.0566 e. The van der Waals surface area contributed by atoms with Crippen molar-refractivity contribution in [2.24, 2.45) is 11.8 Å². The highest BCUT2D eigenvalue weighted by Gasteiger charge is 2.31. The van der Waals surface area contributed by atoms with Gasteiger partial charge in [0.15, 0.2) is 0 Å². The van der Waals surface area contributed by atoms with Gasteiger partial charge in [-0.05, 0) is 31.2 Å². The van der Waals surface area contributed by atoms with Crippen molar-refractivity contribution in [3.63, 3.8) is 0 Å². The van der Waals surface area contributed by atoms with E-state index in [0.29, 0.717) is 0 Å². The second kappa shape index (κ2) is 4.89. The number of nitrogens with one attached hydrogen (secondary N) is 1. The van der Waals surface area contributed by atoms with Crippen molar-refractivity contribution in [2.75, 3.05) is 6.54 Å². The van der Waals surface area contributed by atoms with E-state index in [1.165, 1.54) is 38.6 Å². The Morgan fingerprint density at radius 2 is 1.86 bits per heavy atom. The first-order chi connectivity index (χ1) is 6.77. The summed E-state index contributed by atoms with van der Waals surface area (Å²) < 4.78 is 0. The second-order valence-corrected chi connectivity index (χ2v) is 6.62. The lowest BCUT2D eigenvalue weighted by atomic mass is 9.80. The molecule has 14 heavy (non-hydrogen) atoms. The first kappa shape index (κ1) is 10.8. The molecule has 0 aromatic heterocycles. The molecule has 1 aliphatic heterocycles. The fraction of sp³-hybridized carbons (Fsp3) is 1.00. The minimum absolute atomic E-state index is 0.758. The Morgan fingerprint density at radius 3 is 2.57 bits per heavy atom. The lowest BCUT2D eigenvalue weighted by Crippen LogP contribution is -2.43. The topological polar surface area (TPSA) is 12.0 Å². The number of thioether (sulfide) groups is 1. The summed E-state index contributed by atoms with van der Waals surface area (Å²) >= 11 is 2.19. The van der Waals surface area contributed by atoms with E-state index in [0.717, 1.165) is 22.5 Å². The minimum Gasteiger partial charge on any atom is -0.305 e. The third-order valence-corrected chi connectivity index (χ3v) is 5.35. The molecule has 4 unspecified atom stereocenters. The summed E-state index contributed by atoms with van der Waals surface area (Å²) in [7, 11) is 0. The summed E-state index contributed by atoms with van der Waals surface area (Å²) in [5, 5.41) is 5.34. The fourth-order valence-corrected chi connectivity index (χ4v) is 4.42. The van der Waals surface area contributed by atoms with Crippen LogP contribution in [-0.2, 0) is 0 Å². The summed E-state index contributed by atoms with van der Waals surface area (Å²) in [6.45, 7) is 6.07. The molecule has 2 aliphatic rings. The SMILES string of the molecule is CC1CCNC(C2CCCCC2C)S1. The lowest BCUT2D eigenvalue weighted by molar-refractivity contribution is 0.231. The van der Waals surface area contributed by atoms with Crippen LogP contribution in [0.1, 0.15) is 46.0 Å². The van der Waals surface area contributed by atoms with Gasteiger partial charge in [0.25, 0.3) is 0 Å². The van der Waals surface area contributed by atoms with Crippen LogP contribution >= 0.6 is 11.8 Å². The van der Waals surface area contributed by atoms with Gasteiger partial charge in [0.05, 0.1) is 5.37 Å². The zero-order valence-electron chi connectivity index (χ0n) is 9.46. The highest BCUT2D eigenvalue weighted by Crippen LogP contribution is 2.38. The van der Waals surface area contributed by atoms with Crippen molar-refractivity contribution in [2.45, 2.75) is 56.6 Å². The molecule has 2 fully saturated rings. The minimum atomic E-state index is 0.758. The molecule has 1 heterocycles. The molecule has 82 valence electrons. The third-order valence-electron chi connectivity index (χ3n) is 3.84. The van der Waals surface area contributed by atoms with Crippen molar-refractivity contribution in [3.8, 4) is 0 Å². The number of rotatable bonds is 1. The Bertz CT molecular complexity index is 183. The molecule has 2 rings (SSSR count). The van der Waals surface area contributed by atoms with Crippen LogP contribution < -0.4 is 5.32 Å². The molecule has 0 aromatic rings. The van der Waals surface area contributed by atoms with Crippen molar-refractivity contribution >= 4 is 11.8 Å². The van der Waals surface area contributed by atoms with Crippen molar-refractivity contribution in [1.29, 1.82) is 0 Å². The van der Waals surface area contributed by atoms with Gasteiger partial charge in [0.1, 0.15) is 0 Å². The van der Waals surface area contributed by atoms with Crippen LogP contribution in [0.4, 0.5) is 0 Å². The number of hydrogen-bond acceptors (Lipinski definition) is 2. The van der Waals surface area contributed by atoms with Gasteiger partial charge in [0, 0.05) is 5.25 Å². The molecule has 1 nitrogen and oxygen atoms in total. The highest BCUT2D eigenvalue weighted by atomic mass is 32.2. The average molecular weight is 213 g/mol. The molecule has 4 atom stereocenters. The standard InChI is InChI=1S/C12H23NS/c1-9-5-3-4-6-11(9)12-13-8-7-10(2)14-12/h9-13H,3-8H2,1-2H3. The maximum atomic E-state index is 3.71. The van der Waals surface area contributed by atoms with Crippen LogP contribution in [0.2, 0.25) is 0 Å². The molecule has 1 saturated carbocycles. The van der Waals surface area contributed by atoms with Crippen LogP contribution in [0.3, 0.4) is 0 Å². The Morgan fingerprint density at radius 1 is 1.07 bits per heavy atom. The lowest BCUT2D eigenvalue weighted by Gasteiger charge is -2.39. The maximum Gasteiger partial charge on any atom is 0.0566 e. The average Bonchev–Trinajstić information content (AvgIpc) is 2.18. The summed E-state index contributed by atoms with van der Waals surface area (Å²) in [4.78, 5) is 0. The summed E-state index contributed by atoms with van der Waals surface area (Å²) in [5.41, 5.74) is 0. The Hall–Kier alpha value is 0.310. The van der Waals surface area contributed by atoms with Gasteiger partial charge in [-0.15, -0.1) is 11.8 Å². The first-order valence-corrected chi connectivity index (χ1v) is 7.10. The predicted octanol–water partition coefficient (Wildman–Crippen LogP) is 3.25. The zero-order valence-corrected chi connectivity index (χ0v) is 10.3. The van der Waals surface area contributed by atoms with E-state index in [-0.39, 0.29) is 0 Å². The first-order valence-electron chi connectivity index (χ1n) is 6.16. The predicted molar refractivity (Wildman–Crippen MR) is 64.6 cm³/mol. The van der Waals surface area contributed by atoms with Gasteiger partial charge in [-0.2, -0.15) is 0 Å². The molecule has 1 aliphatic carbocycles. The van der Waals surface area contributed by atoms with Gasteiger partial charge in [0.2, 0.25) is 0 Å². The quantitative estimate of drug-likeness (QED) is 0.717. The Kier molecular flexibility index (Phi) is 3.78. The summed E-state index contributed by atoms with van der Waals surface area (Å²) in [6, 6.07) is 0. The van der Waals surface area contributed by atoms with Crippen molar-refractivity contribution < 1.29 is 0 Å². The van der Waals surface area contributed by atoms with E-state index in [2.05, 4.69) is 30.9 Å². The Balaban J connectivity index is 1.91. The van der Waals surface area contributed by atoms with Gasteiger partial charge >= 0.3 is 0 Å². The molecule has 0 radical (unpaired) electrons. The van der Waals surface area contributed by atoms with Crippen LogP contribution in [0.5, 0.6) is 0 Å². The van der Waals surface area contributed by atoms with E-state index in [9.17, 15) is 0 Å². The fourth-order valence-electron chi connectivity index (χ4n) is 2.84. The van der Waals surface area contributed by atoms with E-state index < -0.39 is 0 Å². The monoisotopic (exact) mass is 213 g/mol. The molecular weight excluding hydrogens is 190 g/mol. The molecule has 0 aromatic carbocycles. The molecule has 0 spiro atoms. The molecule has 1 saturated heterocycles. The molecule has 0 amide bonds. The van der Waals surface area contributed by atoms with Gasteiger partial charge < -0.3 is 5.32 Å². The van der Waals surface area contributed by atoms with Crippen molar-refractivity contribution in [3.05, 3.63) is 0 Å². The third kappa shape index (κ3) is 2.46. The second-order valence-electron chi connectivity index (χ2n) is 5.04. The molecular formula is C12H23NS. The van der Waals surface area contributed by atoms with Crippen LogP contribution in [0, 0.1) is 11.8 Å². The Labute approximate surface area is 92.4 Å². The maximum absolute atomic E-state index is 3.71. The van der Waals surface area contributed by atoms with E-state index in [4.69, 9.17) is 0 Å². The normalized spacial score (nSPS) is 45.0. The number of hydrogen-bond donors (Lipinski definition) is 1. The van der Waals surface area contributed by atoms with E-state index >= 15 is 0 Å². The molecule has 1 N–H and O–H groups in total. The molecule has 0 bridgehead atoms. The highest BCUT2D eigenvalue weighted by molar-refractivity contribution is 8.00. The van der Waals surface area contributed by atoms with Gasteiger partial charge in [-0.25, -0.2) is 0 Å². The van der Waals surface area contributed by atoms with E-state index in [1.807, 2.05) is 0 Å². The van der Waals surface area contributed by atoms with Gasteiger partial charge in [-0.3, -0.25) is 0 Å². The zero-order chi connectivity index (χ0) is 9.97. The summed E-state index contributed by atoms with van der Waals surface area (Å²) in [5.74, 6) is 1.88. The van der Waals surface area contributed by atoms with E-state index in [1.54, 1.807) is 0 Å². The van der Waals surface area contributed by atoms with Crippen LogP contribution in [0.25, 0.3) is 0 Å². The largest absolute Gasteiger partial charge is 0.305 e. The van der Waals surface area contributed by atoms with Crippen LogP contribution in [-0.4, -0.2) is 17.2 Å².